The molecule has 1 aromatic rings. The molecule has 0 aliphatic carbocycles. The van der Waals surface area contributed by atoms with E-state index in [0.717, 1.165) is 5.56 Å². The summed E-state index contributed by atoms with van der Waals surface area (Å²) >= 11 is 4.02. The number of hydrogen-bond acceptors (Lipinski definition) is 2. The van der Waals surface area contributed by atoms with Crippen molar-refractivity contribution in [2.45, 2.75) is 39.2 Å². The van der Waals surface area contributed by atoms with Crippen LogP contribution < -0.4 is 5.32 Å². The van der Waals surface area contributed by atoms with Crippen LogP contribution in [0.25, 0.3) is 0 Å². The Labute approximate surface area is 109 Å². The molecule has 0 aliphatic heterocycles. The molecule has 94 valence electrons. The van der Waals surface area contributed by atoms with Crippen LogP contribution in [0, 0.1) is 0 Å². The largest absolute Gasteiger partial charge is 0.352 e. The third-order valence-electron chi connectivity index (χ3n) is 2.65. The van der Waals surface area contributed by atoms with E-state index >= 15 is 0 Å². The second-order valence-electron chi connectivity index (χ2n) is 5.20. The molecule has 0 fully saturated rings. The van der Waals surface area contributed by atoms with Crippen LogP contribution in [0.3, 0.4) is 0 Å². The minimum atomic E-state index is 0.0555. The quantitative estimate of drug-likeness (QED) is 0.792. The highest BCUT2D eigenvalue weighted by Crippen LogP contribution is 2.22. The van der Waals surface area contributed by atoms with Gasteiger partial charge in [0.25, 0.3) is 0 Å². The van der Waals surface area contributed by atoms with E-state index in [9.17, 15) is 4.79 Å². The van der Waals surface area contributed by atoms with Crippen molar-refractivity contribution in [2.24, 2.45) is 0 Å². The topological polar surface area (TPSA) is 29.1 Å². The van der Waals surface area contributed by atoms with Gasteiger partial charge in [-0.3, -0.25) is 4.79 Å². The summed E-state index contributed by atoms with van der Waals surface area (Å²) in [6, 6.07) is 8.39. The van der Waals surface area contributed by atoms with Gasteiger partial charge in [0.05, 0.1) is 0 Å². The minimum absolute atomic E-state index is 0.0555. The van der Waals surface area contributed by atoms with Gasteiger partial charge < -0.3 is 5.32 Å². The van der Waals surface area contributed by atoms with Crippen LogP contribution in [0.1, 0.15) is 38.3 Å². The Bertz CT molecular complexity index is 365. The molecule has 1 N–H and O–H groups in total. The molecule has 0 saturated heterocycles. The van der Waals surface area contributed by atoms with Crippen molar-refractivity contribution in [3.8, 4) is 0 Å². The fraction of sp³-hybridized carbons (Fsp3) is 0.500. The zero-order valence-corrected chi connectivity index (χ0v) is 11.7. The van der Waals surface area contributed by atoms with Gasteiger partial charge in [-0.15, -0.1) is 0 Å². The Hall–Kier alpha value is -0.960. The number of rotatable bonds is 4. The van der Waals surface area contributed by atoms with Crippen molar-refractivity contribution in [1.29, 1.82) is 0 Å². The summed E-state index contributed by atoms with van der Waals surface area (Å²) in [5.74, 6) is 0.648. The standard InChI is InChI=1S/C14H21NOS/c1-14(2,3)12-6-4-11(5-7-12)10-15-13(16)8-9-17/h4-7,17H,8-10H2,1-3H3,(H,15,16). The highest BCUT2D eigenvalue weighted by Gasteiger charge is 2.12. The predicted molar refractivity (Wildman–Crippen MR) is 75.5 cm³/mol. The van der Waals surface area contributed by atoms with Crippen molar-refractivity contribution in [2.75, 3.05) is 5.75 Å². The third-order valence-corrected chi connectivity index (χ3v) is 2.87. The first-order chi connectivity index (χ1) is 7.93. The third kappa shape index (κ3) is 4.82. The number of benzene rings is 1. The van der Waals surface area contributed by atoms with Crippen LogP contribution in [0.4, 0.5) is 0 Å². The van der Waals surface area contributed by atoms with Gasteiger partial charge in [-0.2, -0.15) is 12.6 Å². The van der Waals surface area contributed by atoms with Gasteiger partial charge in [0.2, 0.25) is 5.91 Å². The lowest BCUT2D eigenvalue weighted by molar-refractivity contribution is -0.120. The predicted octanol–water partition coefficient (Wildman–Crippen LogP) is 2.92. The number of thiol groups is 1. The molecule has 0 bridgehead atoms. The van der Waals surface area contributed by atoms with Gasteiger partial charge in [-0.1, -0.05) is 45.0 Å². The van der Waals surface area contributed by atoms with Gasteiger partial charge >= 0.3 is 0 Å². The molecule has 3 heteroatoms. The van der Waals surface area contributed by atoms with Crippen LogP contribution >= 0.6 is 12.6 Å². The fourth-order valence-corrected chi connectivity index (χ4v) is 1.72. The zero-order chi connectivity index (χ0) is 12.9. The molecule has 0 atom stereocenters. The highest BCUT2D eigenvalue weighted by molar-refractivity contribution is 7.80. The molecule has 2 nitrogen and oxygen atoms in total. The number of carbonyl (C=O) groups excluding carboxylic acids is 1. The van der Waals surface area contributed by atoms with Gasteiger partial charge in [-0.25, -0.2) is 0 Å². The Morgan fingerprint density at radius 2 is 1.82 bits per heavy atom. The Balaban J connectivity index is 2.54. The lowest BCUT2D eigenvalue weighted by Gasteiger charge is -2.19. The molecule has 1 amide bonds. The molecule has 1 aromatic carbocycles. The van der Waals surface area contributed by atoms with E-state index in [-0.39, 0.29) is 11.3 Å². The van der Waals surface area contributed by atoms with Crippen molar-refractivity contribution in [1.82, 2.24) is 5.32 Å². The van der Waals surface area contributed by atoms with E-state index < -0.39 is 0 Å². The summed E-state index contributed by atoms with van der Waals surface area (Å²) in [6.45, 7) is 7.17. The van der Waals surface area contributed by atoms with E-state index in [1.807, 2.05) is 0 Å². The molecule has 0 radical (unpaired) electrons. The summed E-state index contributed by atoms with van der Waals surface area (Å²) in [4.78, 5) is 11.3. The molecule has 0 heterocycles. The Kier molecular flexibility index (Phi) is 5.06. The normalized spacial score (nSPS) is 11.3. The molecule has 1 rings (SSSR count). The van der Waals surface area contributed by atoms with Crippen molar-refractivity contribution in [3.05, 3.63) is 35.4 Å². The SMILES string of the molecule is CC(C)(C)c1ccc(CNC(=O)CCS)cc1. The number of amides is 1. The van der Waals surface area contributed by atoms with Crippen LogP contribution in [-0.2, 0) is 16.8 Å². The Morgan fingerprint density at radius 1 is 1.24 bits per heavy atom. The van der Waals surface area contributed by atoms with E-state index in [0.29, 0.717) is 18.7 Å². The maximum atomic E-state index is 11.3. The minimum Gasteiger partial charge on any atom is -0.352 e. The van der Waals surface area contributed by atoms with Gasteiger partial charge in [0.15, 0.2) is 0 Å². The molecule has 0 aliphatic rings. The average Bonchev–Trinajstić information content (AvgIpc) is 2.26. The van der Waals surface area contributed by atoms with E-state index in [1.54, 1.807) is 0 Å². The first-order valence-electron chi connectivity index (χ1n) is 5.90. The fourth-order valence-electron chi connectivity index (χ4n) is 1.51. The van der Waals surface area contributed by atoms with Gasteiger partial charge in [0, 0.05) is 13.0 Å². The number of carbonyl (C=O) groups is 1. The monoisotopic (exact) mass is 251 g/mol. The van der Waals surface area contributed by atoms with E-state index in [4.69, 9.17) is 0 Å². The zero-order valence-electron chi connectivity index (χ0n) is 10.8. The highest BCUT2D eigenvalue weighted by atomic mass is 32.1. The maximum absolute atomic E-state index is 11.3. The molecule has 0 aromatic heterocycles. The summed E-state index contributed by atoms with van der Waals surface area (Å²) in [5.41, 5.74) is 2.61. The second kappa shape index (κ2) is 6.10. The summed E-state index contributed by atoms with van der Waals surface area (Å²) in [6.07, 6.45) is 0.475. The van der Waals surface area contributed by atoms with E-state index in [2.05, 4.69) is 63.0 Å². The molecule has 0 spiro atoms. The van der Waals surface area contributed by atoms with Gasteiger partial charge in [0.1, 0.15) is 0 Å². The Morgan fingerprint density at radius 3 is 2.29 bits per heavy atom. The van der Waals surface area contributed by atoms with Crippen LogP contribution in [-0.4, -0.2) is 11.7 Å². The first-order valence-corrected chi connectivity index (χ1v) is 6.53. The summed E-state index contributed by atoms with van der Waals surface area (Å²) in [5, 5.41) is 2.87. The molecule has 0 unspecified atom stereocenters. The summed E-state index contributed by atoms with van der Waals surface area (Å²) in [7, 11) is 0. The molecular formula is C14H21NOS. The first kappa shape index (κ1) is 14.1. The lowest BCUT2D eigenvalue weighted by atomic mass is 9.87. The molecule has 17 heavy (non-hydrogen) atoms. The number of hydrogen-bond donors (Lipinski definition) is 2. The average molecular weight is 251 g/mol. The van der Waals surface area contributed by atoms with Crippen LogP contribution in [0.2, 0.25) is 0 Å². The van der Waals surface area contributed by atoms with Gasteiger partial charge in [-0.05, 0) is 22.3 Å². The van der Waals surface area contributed by atoms with Crippen LogP contribution in [0.5, 0.6) is 0 Å². The van der Waals surface area contributed by atoms with Crippen molar-refractivity contribution in [3.63, 3.8) is 0 Å². The molecule has 0 saturated carbocycles. The van der Waals surface area contributed by atoms with Crippen molar-refractivity contribution >= 4 is 18.5 Å². The smallest absolute Gasteiger partial charge is 0.221 e. The lowest BCUT2D eigenvalue weighted by Crippen LogP contribution is -2.22. The number of nitrogens with one attached hydrogen (secondary N) is 1. The molecular weight excluding hydrogens is 230 g/mol. The van der Waals surface area contributed by atoms with Crippen molar-refractivity contribution < 1.29 is 4.79 Å². The second-order valence-corrected chi connectivity index (χ2v) is 5.64. The maximum Gasteiger partial charge on any atom is 0.221 e. The van der Waals surface area contributed by atoms with Crippen LogP contribution in [0.15, 0.2) is 24.3 Å². The summed E-state index contributed by atoms with van der Waals surface area (Å²) < 4.78 is 0. The van der Waals surface area contributed by atoms with E-state index in [1.165, 1.54) is 5.56 Å².